The summed E-state index contributed by atoms with van der Waals surface area (Å²) < 4.78 is 5.74. The van der Waals surface area contributed by atoms with Crippen molar-refractivity contribution >= 4 is 5.91 Å². The van der Waals surface area contributed by atoms with E-state index in [1.807, 2.05) is 0 Å². The molecule has 1 amide bonds. The number of nitrogens with one attached hydrogen (secondary N) is 1. The summed E-state index contributed by atoms with van der Waals surface area (Å²) in [6, 6.07) is 7.65. The fraction of sp³-hybridized carbons (Fsp3) is 0.696. The number of rotatable bonds is 4. The smallest absolute Gasteiger partial charge is 0.223 e. The summed E-state index contributed by atoms with van der Waals surface area (Å²) in [6.45, 7) is 7.85. The second-order valence-electron chi connectivity index (χ2n) is 9.24. The summed E-state index contributed by atoms with van der Waals surface area (Å²) in [5.41, 5.74) is 4.02. The molecule has 0 spiro atoms. The van der Waals surface area contributed by atoms with E-state index in [1.54, 1.807) is 0 Å². The van der Waals surface area contributed by atoms with Crippen LogP contribution in [0.25, 0.3) is 0 Å². The minimum absolute atomic E-state index is 0.0746. The van der Waals surface area contributed by atoms with Gasteiger partial charge in [0.15, 0.2) is 0 Å². The van der Waals surface area contributed by atoms with Gasteiger partial charge >= 0.3 is 0 Å². The first-order valence-corrected chi connectivity index (χ1v) is 10.8. The Morgan fingerprint density at radius 3 is 2.67 bits per heavy atom. The van der Waals surface area contributed by atoms with Crippen LogP contribution in [0.4, 0.5) is 0 Å². The third-order valence-corrected chi connectivity index (χ3v) is 6.73. The molecule has 4 heteroatoms. The van der Waals surface area contributed by atoms with Gasteiger partial charge in [0, 0.05) is 38.2 Å². The lowest BCUT2D eigenvalue weighted by Gasteiger charge is -2.36. The van der Waals surface area contributed by atoms with Gasteiger partial charge in [-0.1, -0.05) is 24.6 Å². The van der Waals surface area contributed by atoms with Crippen LogP contribution in [0.2, 0.25) is 0 Å². The number of carbonyl (C=O) groups is 1. The van der Waals surface area contributed by atoms with E-state index in [4.69, 9.17) is 4.74 Å². The molecule has 0 bridgehead atoms. The SMILES string of the molecule is CC1(C)CC(C(=O)NCc2ccc3c(c2)CCN(C2CCC2)CC3)CCO1. The number of hydrogen-bond donors (Lipinski definition) is 1. The highest BCUT2D eigenvalue weighted by molar-refractivity contribution is 5.78. The molecule has 0 aromatic heterocycles. The normalized spacial score (nSPS) is 25.9. The molecule has 1 aromatic carbocycles. The number of ether oxygens (including phenoxy) is 1. The first kappa shape index (κ1) is 18.9. The van der Waals surface area contributed by atoms with Crippen LogP contribution in [0.5, 0.6) is 0 Å². The van der Waals surface area contributed by atoms with Gasteiger partial charge < -0.3 is 10.1 Å². The molecule has 1 saturated heterocycles. The summed E-state index contributed by atoms with van der Waals surface area (Å²) in [4.78, 5) is 15.3. The number of nitrogens with zero attached hydrogens (tertiary/aromatic N) is 1. The van der Waals surface area contributed by atoms with Crippen LogP contribution >= 0.6 is 0 Å². The van der Waals surface area contributed by atoms with E-state index in [0.29, 0.717) is 13.2 Å². The summed E-state index contributed by atoms with van der Waals surface area (Å²) in [6.07, 6.45) is 8.11. The zero-order chi connectivity index (χ0) is 18.9. The first-order valence-electron chi connectivity index (χ1n) is 10.8. The Bertz CT molecular complexity index is 681. The van der Waals surface area contributed by atoms with E-state index in [2.05, 4.69) is 42.3 Å². The van der Waals surface area contributed by atoms with E-state index < -0.39 is 0 Å². The fourth-order valence-corrected chi connectivity index (χ4v) is 4.81. The van der Waals surface area contributed by atoms with Crippen molar-refractivity contribution in [2.24, 2.45) is 5.92 Å². The van der Waals surface area contributed by atoms with Crippen molar-refractivity contribution in [2.75, 3.05) is 19.7 Å². The van der Waals surface area contributed by atoms with Gasteiger partial charge in [-0.25, -0.2) is 0 Å². The Labute approximate surface area is 163 Å². The third-order valence-electron chi connectivity index (χ3n) is 6.73. The molecular weight excluding hydrogens is 336 g/mol. The zero-order valence-electron chi connectivity index (χ0n) is 16.9. The molecule has 1 aromatic rings. The molecule has 2 fully saturated rings. The standard InChI is InChI=1S/C23H34N2O2/c1-23(2)15-20(10-13-27-23)22(26)24-16-17-6-7-18-8-11-25(21-4-3-5-21)12-9-19(18)14-17/h6-7,14,20-21H,3-5,8-13,15-16H2,1-2H3,(H,24,26). The number of hydrogen-bond acceptors (Lipinski definition) is 3. The molecule has 27 heavy (non-hydrogen) atoms. The average Bonchev–Trinajstić information content (AvgIpc) is 2.80. The predicted octanol–water partition coefficient (Wildman–Crippen LogP) is 3.46. The van der Waals surface area contributed by atoms with Crippen molar-refractivity contribution in [3.05, 3.63) is 34.9 Å². The molecule has 4 rings (SSSR count). The van der Waals surface area contributed by atoms with Gasteiger partial charge in [-0.3, -0.25) is 9.69 Å². The number of carbonyl (C=O) groups excluding carboxylic acids is 1. The van der Waals surface area contributed by atoms with Gasteiger partial charge in [-0.15, -0.1) is 0 Å². The van der Waals surface area contributed by atoms with Gasteiger partial charge in [-0.05, 0) is 69.1 Å². The lowest BCUT2D eigenvalue weighted by molar-refractivity contribution is -0.135. The third kappa shape index (κ3) is 4.55. The van der Waals surface area contributed by atoms with Crippen LogP contribution in [0.3, 0.4) is 0 Å². The number of amides is 1. The lowest BCUT2D eigenvalue weighted by Crippen LogP contribution is -2.41. The molecule has 1 unspecified atom stereocenters. The van der Waals surface area contributed by atoms with Crippen molar-refractivity contribution in [1.82, 2.24) is 10.2 Å². The molecule has 1 N–H and O–H groups in total. The maximum Gasteiger partial charge on any atom is 0.223 e. The van der Waals surface area contributed by atoms with Crippen molar-refractivity contribution in [1.29, 1.82) is 0 Å². The summed E-state index contributed by atoms with van der Waals surface area (Å²) in [5.74, 6) is 0.253. The zero-order valence-corrected chi connectivity index (χ0v) is 16.9. The molecular formula is C23H34N2O2. The quantitative estimate of drug-likeness (QED) is 0.882. The highest BCUT2D eigenvalue weighted by atomic mass is 16.5. The van der Waals surface area contributed by atoms with E-state index in [1.165, 1.54) is 49.0 Å². The van der Waals surface area contributed by atoms with E-state index in [0.717, 1.165) is 31.7 Å². The predicted molar refractivity (Wildman–Crippen MR) is 108 cm³/mol. The van der Waals surface area contributed by atoms with Crippen molar-refractivity contribution in [3.63, 3.8) is 0 Å². The summed E-state index contributed by atoms with van der Waals surface area (Å²) >= 11 is 0. The Morgan fingerprint density at radius 2 is 1.96 bits per heavy atom. The van der Waals surface area contributed by atoms with Crippen LogP contribution < -0.4 is 5.32 Å². The van der Waals surface area contributed by atoms with E-state index in [9.17, 15) is 4.79 Å². The Balaban J connectivity index is 1.33. The maximum absolute atomic E-state index is 12.6. The number of fused-ring (bicyclic) bond motifs is 1. The lowest BCUT2D eigenvalue weighted by atomic mass is 9.88. The molecule has 148 valence electrons. The van der Waals surface area contributed by atoms with Gasteiger partial charge in [0.25, 0.3) is 0 Å². The Hall–Kier alpha value is -1.39. The average molecular weight is 371 g/mol. The number of benzene rings is 1. The van der Waals surface area contributed by atoms with Crippen LogP contribution in [0.15, 0.2) is 18.2 Å². The van der Waals surface area contributed by atoms with Gasteiger partial charge in [0.2, 0.25) is 5.91 Å². The van der Waals surface area contributed by atoms with Crippen LogP contribution in [-0.2, 0) is 28.9 Å². The fourth-order valence-electron chi connectivity index (χ4n) is 4.81. The molecule has 4 nitrogen and oxygen atoms in total. The molecule has 0 radical (unpaired) electrons. The van der Waals surface area contributed by atoms with Crippen LogP contribution in [0.1, 0.15) is 62.6 Å². The van der Waals surface area contributed by atoms with Crippen molar-refractivity contribution in [3.8, 4) is 0 Å². The van der Waals surface area contributed by atoms with Crippen molar-refractivity contribution < 1.29 is 9.53 Å². The highest BCUT2D eigenvalue weighted by Crippen LogP contribution is 2.29. The van der Waals surface area contributed by atoms with Gasteiger partial charge in [-0.2, -0.15) is 0 Å². The Kier molecular flexibility index (Phi) is 5.56. The minimum Gasteiger partial charge on any atom is -0.376 e. The topological polar surface area (TPSA) is 41.6 Å². The minimum atomic E-state index is -0.184. The van der Waals surface area contributed by atoms with Crippen LogP contribution in [-0.4, -0.2) is 42.1 Å². The second kappa shape index (κ2) is 7.92. The van der Waals surface area contributed by atoms with Gasteiger partial charge in [0.1, 0.15) is 0 Å². The largest absolute Gasteiger partial charge is 0.376 e. The van der Waals surface area contributed by atoms with Crippen LogP contribution in [0, 0.1) is 5.92 Å². The van der Waals surface area contributed by atoms with E-state index >= 15 is 0 Å². The summed E-state index contributed by atoms with van der Waals surface area (Å²) in [7, 11) is 0. The molecule has 3 aliphatic rings. The molecule has 1 aliphatic carbocycles. The van der Waals surface area contributed by atoms with Gasteiger partial charge in [0.05, 0.1) is 5.60 Å². The Morgan fingerprint density at radius 1 is 1.19 bits per heavy atom. The molecule has 1 atom stereocenters. The molecule has 2 aliphatic heterocycles. The summed E-state index contributed by atoms with van der Waals surface area (Å²) in [5, 5.41) is 3.17. The maximum atomic E-state index is 12.6. The molecule has 1 saturated carbocycles. The highest BCUT2D eigenvalue weighted by Gasteiger charge is 2.32. The second-order valence-corrected chi connectivity index (χ2v) is 9.24. The molecule has 2 heterocycles. The van der Waals surface area contributed by atoms with E-state index in [-0.39, 0.29) is 17.4 Å². The van der Waals surface area contributed by atoms with Crippen molar-refractivity contribution in [2.45, 2.75) is 77.0 Å². The monoisotopic (exact) mass is 370 g/mol. The first-order chi connectivity index (χ1) is 13.0.